The average molecular weight is 361 g/mol. The minimum absolute atomic E-state index is 0.489. The van der Waals surface area contributed by atoms with E-state index in [9.17, 15) is 5.11 Å². The van der Waals surface area contributed by atoms with Crippen molar-refractivity contribution in [3.8, 4) is 0 Å². The molecule has 4 aliphatic carbocycles. The molecule has 0 radical (unpaired) electrons. The van der Waals surface area contributed by atoms with Crippen LogP contribution in [0.4, 0.5) is 0 Å². The first-order valence-corrected chi connectivity index (χ1v) is 11.3. The van der Waals surface area contributed by atoms with Gasteiger partial charge >= 0.3 is 0 Å². The second-order valence-corrected chi connectivity index (χ2v) is 10.4. The highest BCUT2D eigenvalue weighted by atomic mass is 16.5. The summed E-state index contributed by atoms with van der Waals surface area (Å²) in [5, 5.41) is 11.0. The summed E-state index contributed by atoms with van der Waals surface area (Å²) in [6.45, 7) is 7.80. The molecule has 0 saturated heterocycles. The van der Waals surface area contributed by atoms with Crippen molar-refractivity contribution in [2.75, 3.05) is 13.7 Å². The molecule has 0 spiro atoms. The monoisotopic (exact) mass is 360 g/mol. The molecule has 4 saturated carbocycles. The molecule has 4 fully saturated rings. The van der Waals surface area contributed by atoms with Gasteiger partial charge in [-0.05, 0) is 106 Å². The van der Waals surface area contributed by atoms with Gasteiger partial charge < -0.3 is 9.84 Å². The molecule has 1 N–H and O–H groups in total. The zero-order valence-corrected chi connectivity index (χ0v) is 17.5. The molecule has 0 aromatic carbocycles. The Hall–Kier alpha value is -0.340. The van der Waals surface area contributed by atoms with Crippen LogP contribution in [0, 0.1) is 34.5 Å². The largest absolute Gasteiger partial charge is 0.387 e. The summed E-state index contributed by atoms with van der Waals surface area (Å²) in [5.41, 5.74) is 2.16. The highest BCUT2D eigenvalue weighted by molar-refractivity contribution is 5.24. The molecule has 4 aliphatic rings. The molecule has 148 valence electrons. The van der Waals surface area contributed by atoms with Crippen LogP contribution >= 0.6 is 0 Å². The van der Waals surface area contributed by atoms with Gasteiger partial charge in [0.15, 0.2) is 0 Å². The first-order chi connectivity index (χ1) is 12.4. The van der Waals surface area contributed by atoms with Gasteiger partial charge in [0.1, 0.15) is 0 Å². The molecule has 7 atom stereocenters. The molecule has 2 heteroatoms. The molecule has 0 amide bonds. The van der Waals surface area contributed by atoms with E-state index in [0.29, 0.717) is 23.4 Å². The van der Waals surface area contributed by atoms with Gasteiger partial charge in [-0.1, -0.05) is 25.5 Å². The first kappa shape index (κ1) is 19.0. The van der Waals surface area contributed by atoms with Gasteiger partial charge in [0.25, 0.3) is 0 Å². The van der Waals surface area contributed by atoms with Crippen LogP contribution in [-0.4, -0.2) is 24.4 Å². The van der Waals surface area contributed by atoms with E-state index in [-0.39, 0.29) is 0 Å². The van der Waals surface area contributed by atoms with Crippen LogP contribution in [0.1, 0.15) is 85.0 Å². The minimum atomic E-state index is -0.570. The summed E-state index contributed by atoms with van der Waals surface area (Å²) in [7, 11) is 1.73. The molecule has 4 rings (SSSR count). The Morgan fingerprint density at radius 1 is 1.12 bits per heavy atom. The molecule has 0 aromatic rings. The van der Waals surface area contributed by atoms with E-state index in [1.807, 2.05) is 0 Å². The van der Waals surface area contributed by atoms with Crippen molar-refractivity contribution >= 4 is 0 Å². The number of fused-ring (bicyclic) bond motifs is 5. The standard InChI is InChI=1S/C24H40O2/c1-5-17-8-10-20-19-9-7-18-15-23(25,16-26-4)13-14-24(18,6-2)21(19)11-12-22(17,20)3/h5,18-21,25H,6-16H2,1-4H3/b17-5+/t18-,19+,20+,21+,22-,23-,24+/m1/s1. The van der Waals surface area contributed by atoms with Crippen molar-refractivity contribution in [3.05, 3.63) is 11.6 Å². The van der Waals surface area contributed by atoms with Crippen LogP contribution in [0.2, 0.25) is 0 Å². The Labute approximate surface area is 160 Å². The number of allylic oxidation sites excluding steroid dienone is 2. The van der Waals surface area contributed by atoms with Crippen molar-refractivity contribution in [1.82, 2.24) is 0 Å². The molecule has 26 heavy (non-hydrogen) atoms. The Bertz CT molecular complexity index is 569. The quantitative estimate of drug-likeness (QED) is 0.650. The molecule has 0 unspecified atom stereocenters. The fourth-order valence-electron chi connectivity index (χ4n) is 8.56. The fraction of sp³-hybridized carbons (Fsp3) is 0.917. The van der Waals surface area contributed by atoms with Gasteiger partial charge in [0.05, 0.1) is 12.2 Å². The lowest BCUT2D eigenvalue weighted by Crippen LogP contribution is -2.57. The van der Waals surface area contributed by atoms with Crippen LogP contribution in [0.25, 0.3) is 0 Å². The highest BCUT2D eigenvalue weighted by Gasteiger charge is 2.61. The van der Waals surface area contributed by atoms with Crippen molar-refractivity contribution in [2.45, 2.75) is 90.6 Å². The van der Waals surface area contributed by atoms with Crippen LogP contribution < -0.4 is 0 Å². The number of hydrogen-bond acceptors (Lipinski definition) is 2. The van der Waals surface area contributed by atoms with Crippen LogP contribution in [0.3, 0.4) is 0 Å². The van der Waals surface area contributed by atoms with E-state index in [2.05, 4.69) is 26.8 Å². The van der Waals surface area contributed by atoms with Gasteiger partial charge in [-0.15, -0.1) is 0 Å². The summed E-state index contributed by atoms with van der Waals surface area (Å²) in [4.78, 5) is 0. The topological polar surface area (TPSA) is 29.5 Å². The lowest BCUT2D eigenvalue weighted by Gasteiger charge is -2.62. The summed E-state index contributed by atoms with van der Waals surface area (Å²) in [5.74, 6) is 3.44. The van der Waals surface area contributed by atoms with E-state index in [1.54, 1.807) is 12.7 Å². The summed E-state index contributed by atoms with van der Waals surface area (Å²) >= 11 is 0. The Balaban J connectivity index is 1.61. The average Bonchev–Trinajstić information content (AvgIpc) is 2.97. The normalized spacial score (nSPS) is 52.4. The lowest BCUT2D eigenvalue weighted by atomic mass is 9.43. The van der Waals surface area contributed by atoms with Gasteiger partial charge in [-0.2, -0.15) is 0 Å². The third kappa shape index (κ3) is 2.58. The molecule has 0 heterocycles. The third-order valence-electron chi connectivity index (χ3n) is 9.79. The molecular weight excluding hydrogens is 320 g/mol. The number of rotatable bonds is 3. The van der Waals surface area contributed by atoms with E-state index in [4.69, 9.17) is 4.74 Å². The van der Waals surface area contributed by atoms with Gasteiger partial charge in [0, 0.05) is 7.11 Å². The fourth-order valence-corrected chi connectivity index (χ4v) is 8.56. The maximum atomic E-state index is 11.0. The second kappa shape index (κ2) is 6.62. The van der Waals surface area contributed by atoms with Crippen LogP contribution in [0.5, 0.6) is 0 Å². The number of hydrogen-bond donors (Lipinski definition) is 1. The van der Waals surface area contributed by atoms with Crippen LogP contribution in [0.15, 0.2) is 11.6 Å². The summed E-state index contributed by atoms with van der Waals surface area (Å²) < 4.78 is 5.38. The van der Waals surface area contributed by atoms with E-state index >= 15 is 0 Å². The van der Waals surface area contributed by atoms with E-state index in [1.165, 1.54) is 51.4 Å². The zero-order chi connectivity index (χ0) is 18.6. The number of aliphatic hydroxyl groups is 1. The lowest BCUT2D eigenvalue weighted by molar-refractivity contribution is -0.166. The van der Waals surface area contributed by atoms with Crippen molar-refractivity contribution in [1.29, 1.82) is 0 Å². The minimum Gasteiger partial charge on any atom is -0.387 e. The predicted molar refractivity (Wildman–Crippen MR) is 107 cm³/mol. The Kier molecular flexibility index (Phi) is 4.84. The SMILES string of the molecule is C/C=C1\CC[C@H]2[C@@H]3CC[C@@H]4C[C@@](O)(COC)CC[C@]4(CC)[C@H]3CC[C@]12C. The maximum absolute atomic E-state index is 11.0. The zero-order valence-electron chi connectivity index (χ0n) is 17.5. The predicted octanol–water partition coefficient (Wildman–Crippen LogP) is 5.74. The van der Waals surface area contributed by atoms with Gasteiger partial charge in [0.2, 0.25) is 0 Å². The molecule has 0 aliphatic heterocycles. The number of ether oxygens (including phenoxy) is 1. The third-order valence-corrected chi connectivity index (χ3v) is 9.79. The maximum Gasteiger partial charge on any atom is 0.0883 e. The smallest absolute Gasteiger partial charge is 0.0883 e. The van der Waals surface area contributed by atoms with Gasteiger partial charge in [-0.3, -0.25) is 0 Å². The van der Waals surface area contributed by atoms with E-state index < -0.39 is 5.60 Å². The summed E-state index contributed by atoms with van der Waals surface area (Å²) in [6, 6.07) is 0. The molecule has 2 nitrogen and oxygen atoms in total. The van der Waals surface area contributed by atoms with E-state index in [0.717, 1.165) is 30.6 Å². The van der Waals surface area contributed by atoms with Crippen molar-refractivity contribution < 1.29 is 9.84 Å². The van der Waals surface area contributed by atoms with Crippen LogP contribution in [-0.2, 0) is 4.74 Å². The molecule has 0 bridgehead atoms. The number of methoxy groups -OCH3 is 1. The highest BCUT2D eigenvalue weighted by Crippen LogP contribution is 2.68. The second-order valence-electron chi connectivity index (χ2n) is 10.4. The molecule has 0 aromatic heterocycles. The van der Waals surface area contributed by atoms with Crippen molar-refractivity contribution in [3.63, 3.8) is 0 Å². The van der Waals surface area contributed by atoms with Crippen molar-refractivity contribution in [2.24, 2.45) is 34.5 Å². The Morgan fingerprint density at radius 2 is 1.92 bits per heavy atom. The van der Waals surface area contributed by atoms with Gasteiger partial charge in [-0.25, -0.2) is 0 Å². The molecular formula is C24H40O2. The first-order valence-electron chi connectivity index (χ1n) is 11.3. The Morgan fingerprint density at radius 3 is 2.62 bits per heavy atom. The summed E-state index contributed by atoms with van der Waals surface area (Å²) in [6.07, 6.45) is 15.2.